The molecule has 2 rings (SSSR count). The highest BCUT2D eigenvalue weighted by atomic mass is 19.1. The fourth-order valence-electron chi connectivity index (χ4n) is 2.59. The van der Waals surface area contributed by atoms with E-state index in [1.54, 1.807) is 12.1 Å². The second kappa shape index (κ2) is 6.08. The Morgan fingerprint density at radius 1 is 1.38 bits per heavy atom. The molecule has 112 valence electrons. The zero-order chi connectivity index (χ0) is 15.6. The van der Waals surface area contributed by atoms with Gasteiger partial charge in [0.25, 0.3) is 5.91 Å². The number of carbonyl (C=O) groups is 2. The van der Waals surface area contributed by atoms with Gasteiger partial charge in [0.1, 0.15) is 5.82 Å². The van der Waals surface area contributed by atoms with E-state index in [-0.39, 0.29) is 11.1 Å². The maximum absolute atomic E-state index is 14.1. The monoisotopic (exact) mass is 291 g/mol. The van der Waals surface area contributed by atoms with Crippen LogP contribution in [-0.4, -0.2) is 28.2 Å². The number of nitrogens with zero attached hydrogens (tertiary/aromatic N) is 1. The van der Waals surface area contributed by atoms with Crippen molar-refractivity contribution in [1.82, 2.24) is 4.90 Å². The van der Waals surface area contributed by atoms with Crippen LogP contribution >= 0.6 is 0 Å². The number of ketones is 1. The number of hydrogen-bond acceptors (Lipinski definition) is 3. The zero-order valence-electron chi connectivity index (χ0n) is 12.1. The summed E-state index contributed by atoms with van der Waals surface area (Å²) in [4.78, 5) is 25.3. The average Bonchev–Trinajstić information content (AvgIpc) is 2.69. The molecular weight excluding hydrogens is 273 g/mol. The summed E-state index contributed by atoms with van der Waals surface area (Å²) in [6, 6.07) is 5.16. The Labute approximate surface area is 122 Å². The van der Waals surface area contributed by atoms with Crippen LogP contribution in [0.5, 0.6) is 0 Å². The van der Waals surface area contributed by atoms with Crippen LogP contribution in [0.4, 0.5) is 4.39 Å². The third-order valence-corrected chi connectivity index (χ3v) is 3.64. The molecule has 1 amide bonds. The summed E-state index contributed by atoms with van der Waals surface area (Å²) in [5, 5.41) is 9.97. The van der Waals surface area contributed by atoms with Crippen molar-refractivity contribution in [3.05, 3.63) is 47.0 Å². The fourth-order valence-corrected chi connectivity index (χ4v) is 2.59. The molecule has 5 heteroatoms. The Balaban J connectivity index is 2.52. The van der Waals surface area contributed by atoms with Crippen LogP contribution in [0, 0.1) is 5.82 Å². The van der Waals surface area contributed by atoms with Crippen molar-refractivity contribution in [2.45, 2.75) is 32.7 Å². The van der Waals surface area contributed by atoms with E-state index in [4.69, 9.17) is 0 Å². The molecule has 1 unspecified atom stereocenters. The smallest absolute Gasteiger partial charge is 0.290 e. The molecular formula is C16H18FNO3. The lowest BCUT2D eigenvalue weighted by Crippen LogP contribution is -2.32. The van der Waals surface area contributed by atoms with Crippen molar-refractivity contribution >= 4 is 11.7 Å². The summed E-state index contributed by atoms with van der Waals surface area (Å²) in [7, 11) is 0. The molecule has 0 radical (unpaired) electrons. The molecule has 4 nitrogen and oxygen atoms in total. The first-order valence-corrected chi connectivity index (χ1v) is 6.98. The highest BCUT2D eigenvalue weighted by Gasteiger charge is 2.42. The molecule has 0 saturated carbocycles. The second-order valence-corrected chi connectivity index (χ2v) is 5.09. The number of aliphatic hydroxyl groups excluding tert-OH is 1. The average molecular weight is 291 g/mol. The van der Waals surface area contributed by atoms with Crippen LogP contribution in [0.2, 0.25) is 0 Å². The second-order valence-electron chi connectivity index (χ2n) is 5.09. The lowest BCUT2D eigenvalue weighted by molar-refractivity contribution is -0.129. The molecule has 0 aromatic heterocycles. The summed E-state index contributed by atoms with van der Waals surface area (Å²) in [6.45, 7) is 3.61. The van der Waals surface area contributed by atoms with Crippen LogP contribution < -0.4 is 0 Å². The Morgan fingerprint density at radius 2 is 2.05 bits per heavy atom. The van der Waals surface area contributed by atoms with Gasteiger partial charge in [0.15, 0.2) is 11.5 Å². The quantitative estimate of drug-likeness (QED) is 0.907. The normalized spacial score (nSPS) is 18.5. The first kappa shape index (κ1) is 15.2. The summed E-state index contributed by atoms with van der Waals surface area (Å²) < 4.78 is 14.1. The van der Waals surface area contributed by atoms with E-state index in [9.17, 15) is 19.1 Å². The van der Waals surface area contributed by atoms with Crippen LogP contribution in [0.15, 0.2) is 35.6 Å². The largest absolute Gasteiger partial charge is 0.503 e. The third-order valence-electron chi connectivity index (χ3n) is 3.64. The van der Waals surface area contributed by atoms with E-state index < -0.39 is 29.3 Å². The third kappa shape index (κ3) is 2.68. The van der Waals surface area contributed by atoms with Crippen molar-refractivity contribution in [2.24, 2.45) is 0 Å². The Kier molecular flexibility index (Phi) is 4.40. The molecule has 1 aliphatic rings. The highest BCUT2D eigenvalue weighted by Crippen LogP contribution is 2.38. The van der Waals surface area contributed by atoms with Crippen molar-refractivity contribution in [3.63, 3.8) is 0 Å². The maximum atomic E-state index is 14.1. The van der Waals surface area contributed by atoms with Crippen molar-refractivity contribution < 1.29 is 19.1 Å². The van der Waals surface area contributed by atoms with Gasteiger partial charge in [-0.3, -0.25) is 9.59 Å². The highest BCUT2D eigenvalue weighted by molar-refractivity contribution is 6.08. The molecule has 1 heterocycles. The van der Waals surface area contributed by atoms with Gasteiger partial charge in [0.2, 0.25) is 0 Å². The molecule has 1 aromatic carbocycles. The number of aliphatic hydroxyl groups is 1. The Hall–Kier alpha value is -2.17. The lowest BCUT2D eigenvalue weighted by atomic mass is 9.96. The number of halogens is 1. The lowest BCUT2D eigenvalue weighted by Gasteiger charge is -2.26. The predicted molar refractivity (Wildman–Crippen MR) is 76.1 cm³/mol. The van der Waals surface area contributed by atoms with E-state index >= 15 is 0 Å². The minimum Gasteiger partial charge on any atom is -0.503 e. The predicted octanol–water partition coefficient (Wildman–Crippen LogP) is 2.91. The van der Waals surface area contributed by atoms with Crippen LogP contribution in [0.1, 0.15) is 38.3 Å². The Morgan fingerprint density at radius 3 is 2.62 bits per heavy atom. The number of hydrogen-bond donors (Lipinski definition) is 1. The molecule has 1 aliphatic heterocycles. The van der Waals surface area contributed by atoms with E-state index in [0.29, 0.717) is 6.54 Å². The van der Waals surface area contributed by atoms with E-state index in [1.807, 2.05) is 6.92 Å². The zero-order valence-corrected chi connectivity index (χ0v) is 12.1. The minimum absolute atomic E-state index is 0.0267. The standard InChI is InChI=1S/C16H18FNO3/c1-3-4-9-18-14(11-7-5-6-8-12(11)17)13(10(2)19)15(20)16(18)21/h5-8,14,20H,3-4,9H2,1-2H3. The number of rotatable bonds is 5. The van der Waals surface area contributed by atoms with E-state index in [0.717, 1.165) is 12.8 Å². The number of amides is 1. The summed E-state index contributed by atoms with van der Waals surface area (Å²) in [6.07, 6.45) is 1.57. The van der Waals surface area contributed by atoms with Gasteiger partial charge in [-0.05, 0) is 19.4 Å². The van der Waals surface area contributed by atoms with Gasteiger partial charge in [-0.15, -0.1) is 0 Å². The molecule has 1 N–H and O–H groups in total. The summed E-state index contributed by atoms with van der Waals surface area (Å²) in [5.74, 6) is -2.09. The molecule has 0 bridgehead atoms. The number of Topliss-reactive ketones (excluding diaryl/α,β-unsaturated/α-hetero) is 1. The molecule has 0 saturated heterocycles. The molecule has 0 spiro atoms. The van der Waals surface area contributed by atoms with Gasteiger partial charge < -0.3 is 10.0 Å². The van der Waals surface area contributed by atoms with Gasteiger partial charge in [0, 0.05) is 12.1 Å². The van der Waals surface area contributed by atoms with Gasteiger partial charge in [0.05, 0.1) is 11.6 Å². The van der Waals surface area contributed by atoms with E-state index in [2.05, 4.69) is 0 Å². The molecule has 0 fully saturated rings. The number of benzene rings is 1. The van der Waals surface area contributed by atoms with Crippen molar-refractivity contribution in [3.8, 4) is 0 Å². The first-order valence-electron chi connectivity index (χ1n) is 6.98. The van der Waals surface area contributed by atoms with Crippen molar-refractivity contribution in [1.29, 1.82) is 0 Å². The van der Waals surface area contributed by atoms with Crippen LogP contribution in [-0.2, 0) is 9.59 Å². The molecule has 21 heavy (non-hydrogen) atoms. The van der Waals surface area contributed by atoms with Gasteiger partial charge >= 0.3 is 0 Å². The molecule has 0 aliphatic carbocycles. The topological polar surface area (TPSA) is 57.6 Å². The molecule has 1 atom stereocenters. The van der Waals surface area contributed by atoms with Gasteiger partial charge in [-0.1, -0.05) is 31.5 Å². The SMILES string of the molecule is CCCCN1C(=O)C(O)=C(C(C)=O)C1c1ccccc1F. The number of carbonyl (C=O) groups excluding carboxylic acids is 2. The summed E-state index contributed by atoms with van der Waals surface area (Å²) >= 11 is 0. The fraction of sp³-hybridized carbons (Fsp3) is 0.375. The van der Waals surface area contributed by atoms with Gasteiger partial charge in [-0.2, -0.15) is 0 Å². The molecule has 1 aromatic rings. The maximum Gasteiger partial charge on any atom is 0.290 e. The summed E-state index contributed by atoms with van der Waals surface area (Å²) in [5.41, 5.74) is 0.206. The Bertz CT molecular complexity index is 609. The van der Waals surface area contributed by atoms with Crippen LogP contribution in [0.3, 0.4) is 0 Å². The van der Waals surface area contributed by atoms with Crippen molar-refractivity contribution in [2.75, 3.05) is 6.54 Å². The number of unbranched alkanes of at least 4 members (excludes halogenated alkanes) is 1. The first-order chi connectivity index (χ1) is 9.99. The minimum atomic E-state index is -0.845. The van der Waals surface area contributed by atoms with Gasteiger partial charge in [-0.25, -0.2) is 4.39 Å². The van der Waals surface area contributed by atoms with Crippen LogP contribution in [0.25, 0.3) is 0 Å². The van der Waals surface area contributed by atoms with E-state index in [1.165, 1.54) is 24.0 Å².